The van der Waals surface area contributed by atoms with Gasteiger partial charge in [-0.1, -0.05) is 0 Å². The van der Waals surface area contributed by atoms with E-state index in [1.807, 2.05) is 0 Å². The van der Waals surface area contributed by atoms with Gasteiger partial charge in [0, 0.05) is 23.6 Å². The van der Waals surface area contributed by atoms with Crippen LogP contribution in [0.25, 0.3) is 0 Å². The highest BCUT2D eigenvalue weighted by atomic mass is 18.2. The third-order valence-corrected chi connectivity index (χ3v) is 1.09. The lowest BCUT2D eigenvalue weighted by Gasteiger charge is -1.95. The van der Waals surface area contributed by atoms with Crippen molar-refractivity contribution in [3.63, 3.8) is 0 Å². The summed E-state index contributed by atoms with van der Waals surface area (Å²) >= 11 is 0. The molecular weight excluding hydrogens is 118 g/mol. The summed E-state index contributed by atoms with van der Waals surface area (Å²) in [7, 11) is 0. The molecule has 1 rings (SSSR count). The molecule has 0 aromatic carbocycles. The Balaban J connectivity index is 3.01. The smallest absolute Gasteiger partial charge is 0.118 e. The van der Waals surface area contributed by atoms with E-state index >= 15 is 0 Å². The van der Waals surface area contributed by atoms with Crippen LogP contribution in [0.2, 0.25) is 0 Å². The van der Waals surface area contributed by atoms with Gasteiger partial charge in [0.1, 0.15) is 6.67 Å². The van der Waals surface area contributed by atoms with E-state index in [0.29, 0.717) is 11.3 Å². The predicted octanol–water partition coefficient (Wildman–Crippen LogP) is 1.13. The average Bonchev–Trinajstić information content (AvgIpc) is 1.89. The molecule has 0 aliphatic carbocycles. The second-order valence-electron chi connectivity index (χ2n) is 1.71. The summed E-state index contributed by atoms with van der Waals surface area (Å²) in [5, 5.41) is 0. The van der Waals surface area contributed by atoms with E-state index in [1.54, 1.807) is 6.07 Å². The molecule has 1 aromatic rings. The number of nitrogens with two attached hydrogens (primary N) is 1. The fourth-order valence-electron chi connectivity index (χ4n) is 0.550. The summed E-state index contributed by atoms with van der Waals surface area (Å²) in [5.74, 6) is 0. The number of pyridine rings is 1. The quantitative estimate of drug-likeness (QED) is 0.611. The van der Waals surface area contributed by atoms with Gasteiger partial charge in [0.2, 0.25) is 0 Å². The van der Waals surface area contributed by atoms with E-state index in [4.69, 9.17) is 5.73 Å². The molecule has 0 unspecified atom stereocenters. The van der Waals surface area contributed by atoms with Gasteiger partial charge in [-0.05, 0) is 6.07 Å². The Morgan fingerprint density at radius 1 is 1.67 bits per heavy atom. The van der Waals surface area contributed by atoms with E-state index in [1.165, 1.54) is 12.4 Å². The summed E-state index contributed by atoms with van der Waals surface area (Å²) in [6.07, 6.45) is 2.96. The van der Waals surface area contributed by atoms with E-state index < -0.39 is 6.67 Å². The van der Waals surface area contributed by atoms with Crippen molar-refractivity contribution in [2.45, 2.75) is 6.67 Å². The van der Waals surface area contributed by atoms with Gasteiger partial charge in [-0.2, -0.15) is 0 Å². The molecule has 0 amide bonds. The van der Waals surface area contributed by atoms with Crippen molar-refractivity contribution < 1.29 is 4.39 Å². The SMILES string of the molecule is Nc1ccncc1C[18F]. The van der Waals surface area contributed by atoms with E-state index in [0.717, 1.165) is 0 Å². The first-order valence-electron chi connectivity index (χ1n) is 2.59. The lowest BCUT2D eigenvalue weighted by Crippen LogP contribution is -1.91. The zero-order chi connectivity index (χ0) is 6.69. The van der Waals surface area contributed by atoms with Crippen LogP contribution in [0.1, 0.15) is 5.56 Å². The number of alkyl halides is 1. The first kappa shape index (κ1) is 6.01. The van der Waals surface area contributed by atoms with Gasteiger partial charge in [-0.25, -0.2) is 4.39 Å². The monoisotopic (exact) mass is 125 g/mol. The third-order valence-electron chi connectivity index (χ3n) is 1.09. The van der Waals surface area contributed by atoms with Crippen molar-refractivity contribution in [3.8, 4) is 0 Å². The number of halogens is 1. The van der Waals surface area contributed by atoms with E-state index in [9.17, 15) is 4.39 Å². The van der Waals surface area contributed by atoms with Gasteiger partial charge >= 0.3 is 0 Å². The molecule has 48 valence electrons. The number of hydrogen-bond donors (Lipinski definition) is 1. The Hall–Kier alpha value is -1.12. The lowest BCUT2D eigenvalue weighted by atomic mass is 10.3. The number of nitrogen functional groups attached to an aromatic ring is 1. The summed E-state index contributed by atoms with van der Waals surface area (Å²) in [6.45, 7) is -0.542. The molecule has 0 saturated heterocycles. The van der Waals surface area contributed by atoms with Crippen molar-refractivity contribution in [2.75, 3.05) is 5.73 Å². The van der Waals surface area contributed by atoms with Gasteiger partial charge in [-0.3, -0.25) is 4.98 Å². The van der Waals surface area contributed by atoms with Crippen molar-refractivity contribution in [1.82, 2.24) is 4.98 Å². The number of anilines is 1. The first-order valence-corrected chi connectivity index (χ1v) is 2.59. The molecule has 0 bridgehead atoms. The predicted molar refractivity (Wildman–Crippen MR) is 33.5 cm³/mol. The molecule has 1 aromatic heterocycles. The van der Waals surface area contributed by atoms with Gasteiger partial charge in [0.05, 0.1) is 0 Å². The molecule has 0 spiro atoms. The van der Waals surface area contributed by atoms with Gasteiger partial charge < -0.3 is 5.73 Å². The normalized spacial score (nSPS) is 9.44. The minimum Gasteiger partial charge on any atom is -0.398 e. The van der Waals surface area contributed by atoms with Crippen LogP contribution in [0.5, 0.6) is 0 Å². The highest BCUT2D eigenvalue weighted by molar-refractivity contribution is 5.43. The molecular formula is C6H7FN2. The highest BCUT2D eigenvalue weighted by Crippen LogP contribution is 2.08. The minimum atomic E-state index is -0.542. The molecule has 0 aliphatic rings. The van der Waals surface area contributed by atoms with Crippen LogP contribution < -0.4 is 5.73 Å². The minimum absolute atomic E-state index is 0.456. The van der Waals surface area contributed by atoms with Crippen LogP contribution in [0.4, 0.5) is 10.1 Å². The Morgan fingerprint density at radius 2 is 2.44 bits per heavy atom. The van der Waals surface area contributed by atoms with Gasteiger partial charge in [-0.15, -0.1) is 0 Å². The number of nitrogens with zero attached hydrogens (tertiary/aromatic N) is 1. The average molecular weight is 125 g/mol. The van der Waals surface area contributed by atoms with Gasteiger partial charge in [0.15, 0.2) is 0 Å². The summed E-state index contributed by atoms with van der Waals surface area (Å²) in [5.41, 5.74) is 6.27. The van der Waals surface area contributed by atoms with Crippen LogP contribution in [-0.2, 0) is 6.67 Å². The molecule has 0 aliphatic heterocycles. The molecule has 0 fully saturated rings. The van der Waals surface area contributed by atoms with Crippen LogP contribution in [-0.4, -0.2) is 4.98 Å². The number of hydrogen-bond acceptors (Lipinski definition) is 2. The lowest BCUT2D eigenvalue weighted by molar-refractivity contribution is 0.485. The van der Waals surface area contributed by atoms with Crippen LogP contribution in [0.3, 0.4) is 0 Å². The third kappa shape index (κ3) is 1.16. The Morgan fingerprint density at radius 3 is 2.89 bits per heavy atom. The fraction of sp³-hybridized carbons (Fsp3) is 0.167. The van der Waals surface area contributed by atoms with Crippen molar-refractivity contribution in [3.05, 3.63) is 24.0 Å². The summed E-state index contributed by atoms with van der Waals surface area (Å²) < 4.78 is 11.9. The van der Waals surface area contributed by atoms with E-state index in [-0.39, 0.29) is 0 Å². The maximum absolute atomic E-state index is 11.9. The van der Waals surface area contributed by atoms with Crippen molar-refractivity contribution >= 4 is 5.69 Å². The molecule has 0 saturated carbocycles. The second-order valence-corrected chi connectivity index (χ2v) is 1.71. The van der Waals surface area contributed by atoms with Gasteiger partial charge in [0.25, 0.3) is 0 Å². The zero-order valence-electron chi connectivity index (χ0n) is 4.84. The maximum atomic E-state index is 11.9. The first-order chi connectivity index (χ1) is 4.34. The molecule has 9 heavy (non-hydrogen) atoms. The molecule has 3 heteroatoms. The highest BCUT2D eigenvalue weighted by Gasteiger charge is 1.93. The number of aromatic nitrogens is 1. The Bertz CT molecular complexity index is 200. The van der Waals surface area contributed by atoms with Crippen LogP contribution in [0, 0.1) is 0 Å². The zero-order valence-corrected chi connectivity index (χ0v) is 4.84. The summed E-state index contributed by atoms with van der Waals surface area (Å²) in [4.78, 5) is 3.70. The van der Waals surface area contributed by atoms with Crippen LogP contribution >= 0.6 is 0 Å². The molecule has 0 atom stereocenters. The Labute approximate surface area is 52.5 Å². The summed E-state index contributed by atoms with van der Waals surface area (Å²) in [6, 6.07) is 1.58. The Kier molecular flexibility index (Phi) is 1.63. The molecule has 2 nitrogen and oxygen atoms in total. The van der Waals surface area contributed by atoms with Crippen LogP contribution in [0.15, 0.2) is 18.5 Å². The van der Waals surface area contributed by atoms with Crippen molar-refractivity contribution in [2.24, 2.45) is 0 Å². The topological polar surface area (TPSA) is 38.9 Å². The molecule has 0 radical (unpaired) electrons. The van der Waals surface area contributed by atoms with Crippen molar-refractivity contribution in [1.29, 1.82) is 0 Å². The second kappa shape index (κ2) is 2.44. The largest absolute Gasteiger partial charge is 0.398 e. The number of rotatable bonds is 1. The molecule has 1 heterocycles. The fourth-order valence-corrected chi connectivity index (χ4v) is 0.550. The molecule has 2 N–H and O–H groups in total. The van der Waals surface area contributed by atoms with E-state index in [2.05, 4.69) is 4.98 Å². The standard InChI is InChI=1S/C6H7FN2/c7-3-5-4-9-2-1-6(5)8/h1-2,4H,3H2,(H2,8,9)/i7-1. The maximum Gasteiger partial charge on any atom is 0.118 e.